The molecule has 1 aliphatic heterocycles. The topological polar surface area (TPSA) is 51.4 Å². The molecule has 1 fully saturated rings. The third-order valence-electron chi connectivity index (χ3n) is 3.27. The Morgan fingerprint density at radius 3 is 2.94 bits per heavy atom. The standard InChI is InChI=1S/C13H19N3OS/c1-3-10-8-17-9(2)7-16(10)11-4-5-12(13(14)18)15-6-11/h4-6,9-10H,3,7-8H2,1-2H3,(H2,14,18). The number of hydrogen-bond donors (Lipinski definition) is 1. The lowest BCUT2D eigenvalue weighted by molar-refractivity contribution is 0.0299. The Labute approximate surface area is 113 Å². The minimum absolute atomic E-state index is 0.253. The highest BCUT2D eigenvalue weighted by Crippen LogP contribution is 2.22. The van der Waals surface area contributed by atoms with Crippen molar-refractivity contribution in [3.05, 3.63) is 24.0 Å². The van der Waals surface area contributed by atoms with E-state index >= 15 is 0 Å². The number of hydrogen-bond acceptors (Lipinski definition) is 4. The van der Waals surface area contributed by atoms with Gasteiger partial charge in [0.1, 0.15) is 4.99 Å². The predicted molar refractivity (Wildman–Crippen MR) is 77.0 cm³/mol. The largest absolute Gasteiger partial charge is 0.388 e. The Bertz CT molecular complexity index is 421. The van der Waals surface area contributed by atoms with E-state index in [1.165, 1.54) is 0 Å². The molecule has 1 aliphatic rings. The van der Waals surface area contributed by atoms with Gasteiger partial charge in [0.25, 0.3) is 0 Å². The Morgan fingerprint density at radius 1 is 1.61 bits per heavy atom. The summed E-state index contributed by atoms with van der Waals surface area (Å²) in [7, 11) is 0. The molecule has 2 unspecified atom stereocenters. The molecule has 2 heterocycles. The smallest absolute Gasteiger partial charge is 0.122 e. The van der Waals surface area contributed by atoms with Gasteiger partial charge in [0.05, 0.1) is 36.3 Å². The maximum Gasteiger partial charge on any atom is 0.122 e. The van der Waals surface area contributed by atoms with Gasteiger partial charge in [-0.25, -0.2) is 0 Å². The number of rotatable bonds is 3. The average molecular weight is 265 g/mol. The lowest BCUT2D eigenvalue weighted by Crippen LogP contribution is -2.48. The number of ether oxygens (including phenoxy) is 1. The number of aromatic nitrogens is 1. The Kier molecular flexibility index (Phi) is 4.14. The van der Waals surface area contributed by atoms with Crippen LogP contribution in [-0.4, -0.2) is 35.3 Å². The van der Waals surface area contributed by atoms with Gasteiger partial charge < -0.3 is 15.4 Å². The van der Waals surface area contributed by atoms with Gasteiger partial charge in [-0.05, 0) is 25.5 Å². The summed E-state index contributed by atoms with van der Waals surface area (Å²) in [5.74, 6) is 0. The van der Waals surface area contributed by atoms with Gasteiger partial charge in [-0.2, -0.15) is 0 Å². The molecule has 2 rings (SSSR count). The molecular formula is C13H19N3OS. The second-order valence-electron chi connectivity index (χ2n) is 4.62. The summed E-state index contributed by atoms with van der Waals surface area (Å²) in [4.78, 5) is 6.99. The van der Waals surface area contributed by atoms with Crippen molar-refractivity contribution in [2.75, 3.05) is 18.1 Å². The predicted octanol–water partition coefficient (Wildman–Crippen LogP) is 1.72. The lowest BCUT2D eigenvalue weighted by Gasteiger charge is -2.39. The molecule has 2 N–H and O–H groups in total. The van der Waals surface area contributed by atoms with Crippen LogP contribution in [0.25, 0.3) is 0 Å². The van der Waals surface area contributed by atoms with Crippen molar-refractivity contribution in [1.82, 2.24) is 4.98 Å². The Morgan fingerprint density at radius 2 is 2.39 bits per heavy atom. The first kappa shape index (κ1) is 13.2. The van der Waals surface area contributed by atoms with Crippen LogP contribution >= 0.6 is 12.2 Å². The van der Waals surface area contributed by atoms with Gasteiger partial charge in [-0.15, -0.1) is 0 Å². The zero-order valence-corrected chi connectivity index (χ0v) is 11.6. The molecular weight excluding hydrogens is 246 g/mol. The summed E-state index contributed by atoms with van der Waals surface area (Å²) in [6, 6.07) is 4.32. The molecule has 5 heteroatoms. The van der Waals surface area contributed by atoms with E-state index in [0.717, 1.165) is 25.3 Å². The zero-order chi connectivity index (χ0) is 13.1. The van der Waals surface area contributed by atoms with E-state index in [4.69, 9.17) is 22.7 Å². The fourth-order valence-corrected chi connectivity index (χ4v) is 2.32. The van der Waals surface area contributed by atoms with Gasteiger partial charge in [-0.3, -0.25) is 4.98 Å². The zero-order valence-electron chi connectivity index (χ0n) is 10.8. The summed E-state index contributed by atoms with van der Waals surface area (Å²) in [6.45, 7) is 5.94. The number of nitrogens with two attached hydrogens (primary N) is 1. The number of pyridine rings is 1. The normalized spacial score (nSPS) is 24.0. The molecule has 1 saturated heterocycles. The first-order valence-corrected chi connectivity index (χ1v) is 6.66. The minimum atomic E-state index is 0.253. The second-order valence-corrected chi connectivity index (χ2v) is 5.06. The Hall–Kier alpha value is -1.20. The molecule has 0 spiro atoms. The van der Waals surface area contributed by atoms with Crippen LogP contribution in [-0.2, 0) is 4.74 Å². The number of anilines is 1. The molecule has 0 amide bonds. The van der Waals surface area contributed by atoms with E-state index in [1.807, 2.05) is 18.3 Å². The van der Waals surface area contributed by atoms with Crippen LogP contribution in [0.1, 0.15) is 26.0 Å². The van der Waals surface area contributed by atoms with Crippen LogP contribution in [0, 0.1) is 0 Å². The number of morpholine rings is 1. The second kappa shape index (κ2) is 5.63. The summed E-state index contributed by atoms with van der Waals surface area (Å²) < 4.78 is 5.69. The summed E-state index contributed by atoms with van der Waals surface area (Å²) in [5.41, 5.74) is 7.33. The minimum Gasteiger partial charge on any atom is -0.388 e. The first-order chi connectivity index (χ1) is 8.61. The quantitative estimate of drug-likeness (QED) is 0.843. The van der Waals surface area contributed by atoms with Gasteiger partial charge in [0.15, 0.2) is 0 Å². The van der Waals surface area contributed by atoms with Gasteiger partial charge >= 0.3 is 0 Å². The van der Waals surface area contributed by atoms with Crippen LogP contribution in [0.15, 0.2) is 18.3 Å². The van der Waals surface area contributed by atoms with Crippen LogP contribution in [0.5, 0.6) is 0 Å². The molecule has 1 aromatic rings. The molecule has 2 atom stereocenters. The number of thiocarbonyl (C=S) groups is 1. The van der Waals surface area contributed by atoms with E-state index in [1.54, 1.807) is 0 Å². The van der Waals surface area contributed by atoms with E-state index in [-0.39, 0.29) is 6.10 Å². The molecule has 0 aromatic carbocycles. The molecule has 4 nitrogen and oxygen atoms in total. The molecule has 0 aliphatic carbocycles. The maximum atomic E-state index is 5.69. The fourth-order valence-electron chi connectivity index (χ4n) is 2.20. The lowest BCUT2D eigenvalue weighted by atomic mass is 10.1. The molecule has 18 heavy (non-hydrogen) atoms. The monoisotopic (exact) mass is 265 g/mol. The van der Waals surface area contributed by atoms with E-state index in [2.05, 4.69) is 23.7 Å². The highest BCUT2D eigenvalue weighted by atomic mass is 32.1. The van der Waals surface area contributed by atoms with Crippen molar-refractivity contribution in [2.24, 2.45) is 5.73 Å². The van der Waals surface area contributed by atoms with Crippen LogP contribution in [0.2, 0.25) is 0 Å². The van der Waals surface area contributed by atoms with Crippen molar-refractivity contribution >= 4 is 22.9 Å². The molecule has 0 saturated carbocycles. The van der Waals surface area contributed by atoms with Crippen molar-refractivity contribution in [3.63, 3.8) is 0 Å². The fraction of sp³-hybridized carbons (Fsp3) is 0.538. The molecule has 0 radical (unpaired) electrons. The molecule has 0 bridgehead atoms. The van der Waals surface area contributed by atoms with Crippen LogP contribution in [0.4, 0.5) is 5.69 Å². The SMILES string of the molecule is CCC1COC(C)CN1c1ccc(C(N)=S)nc1. The van der Waals surface area contributed by atoms with Crippen molar-refractivity contribution in [3.8, 4) is 0 Å². The van der Waals surface area contributed by atoms with Crippen molar-refractivity contribution < 1.29 is 4.74 Å². The molecule has 98 valence electrons. The molecule has 1 aromatic heterocycles. The third kappa shape index (κ3) is 2.79. The average Bonchev–Trinajstić information content (AvgIpc) is 2.39. The van der Waals surface area contributed by atoms with Crippen LogP contribution in [0.3, 0.4) is 0 Å². The van der Waals surface area contributed by atoms with Gasteiger partial charge in [0, 0.05) is 6.54 Å². The van der Waals surface area contributed by atoms with Crippen molar-refractivity contribution in [1.29, 1.82) is 0 Å². The summed E-state index contributed by atoms with van der Waals surface area (Å²) in [5, 5.41) is 0. The summed E-state index contributed by atoms with van der Waals surface area (Å²) in [6.07, 6.45) is 3.15. The Balaban J connectivity index is 2.20. The first-order valence-electron chi connectivity index (χ1n) is 6.26. The van der Waals surface area contributed by atoms with E-state index in [9.17, 15) is 0 Å². The highest BCUT2D eigenvalue weighted by molar-refractivity contribution is 7.80. The van der Waals surface area contributed by atoms with Gasteiger partial charge in [-0.1, -0.05) is 19.1 Å². The maximum absolute atomic E-state index is 5.69. The van der Waals surface area contributed by atoms with E-state index in [0.29, 0.717) is 16.7 Å². The van der Waals surface area contributed by atoms with Crippen molar-refractivity contribution in [2.45, 2.75) is 32.4 Å². The van der Waals surface area contributed by atoms with Crippen LogP contribution < -0.4 is 10.6 Å². The number of nitrogens with zero attached hydrogens (tertiary/aromatic N) is 2. The highest BCUT2D eigenvalue weighted by Gasteiger charge is 2.25. The van der Waals surface area contributed by atoms with E-state index < -0.39 is 0 Å². The summed E-state index contributed by atoms with van der Waals surface area (Å²) >= 11 is 4.91. The third-order valence-corrected chi connectivity index (χ3v) is 3.48. The van der Waals surface area contributed by atoms with Gasteiger partial charge in [0.2, 0.25) is 0 Å².